The number of rotatable bonds is 14. The van der Waals surface area contributed by atoms with E-state index in [2.05, 4.69) is 0 Å². The van der Waals surface area contributed by atoms with Crippen molar-refractivity contribution < 1.29 is 52.4 Å². The first-order valence-corrected chi connectivity index (χ1v) is 16.8. The van der Waals surface area contributed by atoms with Crippen LogP contribution in [-0.2, 0) is 42.9 Å². The Bertz CT molecular complexity index is 1250. The van der Waals surface area contributed by atoms with Gasteiger partial charge in [0.1, 0.15) is 6.10 Å². The van der Waals surface area contributed by atoms with Gasteiger partial charge in [0.25, 0.3) is 0 Å². The molecule has 0 aromatic heterocycles. The van der Waals surface area contributed by atoms with Crippen molar-refractivity contribution in [2.75, 3.05) is 19.8 Å². The van der Waals surface area contributed by atoms with Gasteiger partial charge in [-0.1, -0.05) is 53.2 Å². The largest absolute Gasteiger partial charge is 0.457 e. The van der Waals surface area contributed by atoms with E-state index in [0.29, 0.717) is 37.7 Å². The van der Waals surface area contributed by atoms with Gasteiger partial charge in [-0.15, -0.1) is 0 Å². The fourth-order valence-electron chi connectivity index (χ4n) is 8.85. The fourth-order valence-corrected chi connectivity index (χ4v) is 8.85. The summed E-state index contributed by atoms with van der Waals surface area (Å²) in [7, 11) is 0. The normalized spacial score (nSPS) is 36.7. The molecule has 3 saturated carbocycles. The molecule has 0 amide bonds. The SMILES string of the molecule is CCCOC(O)(OCCC)O[C@H]1C[C@@]2(C)[C@@H](C[C@H](C)[C@]2(OC(=O)CC)C(=O)COC(=O)CC)[C@@H]2CCC3=CC(=O)C=C[C@]3(C)C12F. The Morgan fingerprint density at radius 1 is 1.02 bits per heavy atom. The van der Waals surface area contributed by atoms with Crippen LogP contribution >= 0.6 is 0 Å². The second-order valence-corrected chi connectivity index (χ2v) is 13.7. The Morgan fingerprint density at radius 2 is 1.65 bits per heavy atom. The summed E-state index contributed by atoms with van der Waals surface area (Å²) in [5.74, 6) is -3.77. The lowest BCUT2D eigenvalue weighted by atomic mass is 9.44. The molecule has 11 heteroatoms. The molecule has 0 heterocycles. The first kappa shape index (κ1) is 36.4. The Hall–Kier alpha value is -2.47. The third kappa shape index (κ3) is 5.79. The smallest absolute Gasteiger partial charge is 0.410 e. The zero-order chi connectivity index (χ0) is 34.1. The van der Waals surface area contributed by atoms with Crippen LogP contribution in [0, 0.1) is 28.6 Å². The van der Waals surface area contributed by atoms with E-state index in [1.807, 2.05) is 27.7 Å². The average Bonchev–Trinajstić information content (AvgIpc) is 3.24. The maximum atomic E-state index is 18.7. The standard InChI is InChI=1S/C35H51FO10/c1-8-16-43-35(41,44-17-9-2)45-28-20-32(7)26(25-13-12-23-19-24(37)14-15-31(23,6)33(25,28)36)18-22(5)34(32,46-30(40)11-4)27(38)21-42-29(39)10-3/h14-15,19,22,25-26,28,41H,8-13,16-18,20-21H2,1-7H3/t22-,25-,26-,28-,31-,32-,33?,34-/m0/s1. The van der Waals surface area contributed by atoms with Crippen molar-refractivity contribution in [2.45, 2.75) is 123 Å². The summed E-state index contributed by atoms with van der Waals surface area (Å²) in [6.45, 7) is 11.8. The molecular weight excluding hydrogens is 599 g/mol. The highest BCUT2D eigenvalue weighted by molar-refractivity contribution is 6.01. The van der Waals surface area contributed by atoms with Gasteiger partial charge in [0.05, 0.1) is 13.2 Å². The fraction of sp³-hybridized carbons (Fsp3) is 0.771. The third-order valence-corrected chi connectivity index (χ3v) is 11.1. The summed E-state index contributed by atoms with van der Waals surface area (Å²) in [4.78, 5) is 52.0. The Morgan fingerprint density at radius 3 is 2.24 bits per heavy atom. The zero-order valence-electron chi connectivity index (χ0n) is 28.3. The summed E-state index contributed by atoms with van der Waals surface area (Å²) < 4.78 is 47.8. The van der Waals surface area contributed by atoms with Crippen LogP contribution in [0.1, 0.15) is 99.8 Å². The van der Waals surface area contributed by atoms with Crippen molar-refractivity contribution in [1.82, 2.24) is 0 Å². The third-order valence-electron chi connectivity index (χ3n) is 11.1. The first-order chi connectivity index (χ1) is 21.6. The topological polar surface area (TPSA) is 135 Å². The van der Waals surface area contributed by atoms with Crippen molar-refractivity contribution >= 4 is 23.5 Å². The molecule has 0 bridgehead atoms. The van der Waals surface area contributed by atoms with Crippen LogP contribution in [0.15, 0.2) is 23.8 Å². The maximum absolute atomic E-state index is 18.7. The number of aliphatic hydroxyl groups is 1. The van der Waals surface area contributed by atoms with E-state index in [4.69, 9.17) is 23.7 Å². The quantitative estimate of drug-likeness (QED) is 0.195. The number of hydrogen-bond acceptors (Lipinski definition) is 10. The number of alkyl halides is 1. The van der Waals surface area contributed by atoms with Crippen molar-refractivity contribution in [2.24, 2.45) is 28.6 Å². The van der Waals surface area contributed by atoms with Gasteiger partial charge in [-0.25, -0.2) is 4.39 Å². The number of halogens is 1. The molecule has 4 aliphatic carbocycles. The molecule has 0 aliphatic heterocycles. The Balaban J connectivity index is 1.91. The van der Waals surface area contributed by atoms with Crippen molar-refractivity contribution in [3.63, 3.8) is 0 Å². The molecule has 46 heavy (non-hydrogen) atoms. The number of allylic oxidation sites excluding steroid dienone is 4. The molecule has 0 radical (unpaired) electrons. The molecule has 3 fully saturated rings. The van der Waals surface area contributed by atoms with E-state index in [1.54, 1.807) is 26.8 Å². The summed E-state index contributed by atoms with van der Waals surface area (Å²) in [6.07, 6.45) is 2.41. The highest BCUT2D eigenvalue weighted by atomic mass is 19.1. The van der Waals surface area contributed by atoms with E-state index < -0.39 is 76.4 Å². The van der Waals surface area contributed by atoms with Crippen LogP contribution in [0.4, 0.5) is 4.39 Å². The van der Waals surface area contributed by atoms with Gasteiger partial charge in [-0.3, -0.25) is 23.9 Å². The lowest BCUT2D eigenvalue weighted by Crippen LogP contribution is -2.71. The van der Waals surface area contributed by atoms with Crippen molar-refractivity contribution in [1.29, 1.82) is 0 Å². The van der Waals surface area contributed by atoms with E-state index >= 15 is 4.39 Å². The van der Waals surface area contributed by atoms with Crippen LogP contribution in [0.5, 0.6) is 0 Å². The van der Waals surface area contributed by atoms with Gasteiger partial charge in [-0.2, -0.15) is 0 Å². The molecule has 0 aromatic rings. The van der Waals surface area contributed by atoms with Crippen LogP contribution < -0.4 is 0 Å². The number of esters is 2. The maximum Gasteiger partial charge on any atom is 0.410 e. The molecule has 4 rings (SSSR count). The Labute approximate surface area is 271 Å². The molecule has 258 valence electrons. The van der Waals surface area contributed by atoms with Gasteiger partial charge >= 0.3 is 18.1 Å². The lowest BCUT2D eigenvalue weighted by Gasteiger charge is -2.63. The van der Waals surface area contributed by atoms with Gasteiger partial charge in [-0.05, 0) is 63.5 Å². The van der Waals surface area contributed by atoms with E-state index in [-0.39, 0.29) is 38.3 Å². The monoisotopic (exact) mass is 650 g/mol. The number of ketones is 2. The van der Waals surface area contributed by atoms with Crippen LogP contribution in [0.3, 0.4) is 0 Å². The molecule has 0 spiro atoms. The minimum atomic E-state index is -2.61. The lowest BCUT2D eigenvalue weighted by molar-refractivity contribution is -0.506. The second kappa shape index (κ2) is 13.6. The van der Waals surface area contributed by atoms with Crippen molar-refractivity contribution in [3.05, 3.63) is 23.8 Å². The van der Waals surface area contributed by atoms with Gasteiger partial charge in [0.2, 0.25) is 5.78 Å². The number of hydrogen-bond donors (Lipinski definition) is 1. The van der Waals surface area contributed by atoms with E-state index in [9.17, 15) is 24.3 Å². The molecule has 1 unspecified atom stereocenters. The molecule has 1 N–H and O–H groups in total. The van der Waals surface area contributed by atoms with Crippen molar-refractivity contribution in [3.8, 4) is 0 Å². The molecule has 4 aliphatic rings. The Kier molecular flexibility index (Phi) is 10.7. The van der Waals surface area contributed by atoms with Crippen LogP contribution in [-0.4, -0.2) is 72.0 Å². The van der Waals surface area contributed by atoms with Gasteiger partial charge in [0.15, 0.2) is 23.7 Å². The number of fused-ring (bicyclic) bond motifs is 5. The second-order valence-electron chi connectivity index (χ2n) is 13.7. The molecule has 0 saturated heterocycles. The number of ether oxygens (including phenoxy) is 5. The first-order valence-electron chi connectivity index (χ1n) is 16.8. The van der Waals surface area contributed by atoms with E-state index in [1.165, 1.54) is 12.2 Å². The minimum Gasteiger partial charge on any atom is -0.457 e. The number of carbonyl (C=O) groups is 4. The summed E-state index contributed by atoms with van der Waals surface area (Å²) in [6, 6.07) is 0. The van der Waals surface area contributed by atoms with E-state index in [0.717, 1.165) is 0 Å². The highest BCUT2D eigenvalue weighted by Gasteiger charge is 2.78. The van der Waals surface area contributed by atoms with Crippen LogP contribution in [0.2, 0.25) is 0 Å². The number of carbonyl (C=O) groups excluding carboxylic acids is 4. The minimum absolute atomic E-state index is 0.00579. The van der Waals surface area contributed by atoms with Gasteiger partial charge < -0.3 is 24.1 Å². The van der Waals surface area contributed by atoms with Gasteiger partial charge in [0, 0.05) is 35.5 Å². The predicted molar refractivity (Wildman–Crippen MR) is 165 cm³/mol. The highest BCUT2D eigenvalue weighted by Crippen LogP contribution is 2.72. The molecular formula is C35H51FO10. The molecule has 10 nitrogen and oxygen atoms in total. The summed E-state index contributed by atoms with van der Waals surface area (Å²) in [5, 5.41) is 11.6. The zero-order valence-corrected chi connectivity index (χ0v) is 28.3. The predicted octanol–water partition coefficient (Wildman–Crippen LogP) is 5.30. The van der Waals surface area contributed by atoms with Crippen LogP contribution in [0.25, 0.3) is 0 Å². The molecule has 8 atom stereocenters. The summed E-state index contributed by atoms with van der Waals surface area (Å²) >= 11 is 0. The number of Topliss-reactive ketones (excluding diaryl/α,β-unsaturated/α-hetero) is 1. The molecule has 0 aromatic carbocycles. The average molecular weight is 651 g/mol. The summed E-state index contributed by atoms with van der Waals surface area (Å²) in [5.41, 5.74) is -5.84.